The Kier molecular flexibility index (Phi) is 7.64. The van der Waals surface area contributed by atoms with E-state index in [0.29, 0.717) is 4.68 Å². The molecule has 1 aromatic heterocycles. The van der Waals surface area contributed by atoms with Crippen LogP contribution in [0, 0.1) is 5.82 Å². The number of aromatic nitrogens is 2. The van der Waals surface area contributed by atoms with Crippen LogP contribution in [-0.4, -0.2) is 79.4 Å². The van der Waals surface area contributed by atoms with Crippen LogP contribution in [0.4, 0.5) is 17.6 Å². The molecular weight excluding hydrogens is 484 g/mol. The zero-order chi connectivity index (χ0) is 26.3. The summed E-state index contributed by atoms with van der Waals surface area (Å²) in [4.78, 5) is 0. The molecule has 196 valence electrons. The molecule has 5 N–H and O–H groups in total. The molecule has 0 spiro atoms. The van der Waals surface area contributed by atoms with E-state index in [4.69, 9.17) is 14.2 Å². The molecule has 1 aromatic carbocycles. The zero-order valence-electron chi connectivity index (χ0n) is 18.9. The van der Waals surface area contributed by atoms with Gasteiger partial charge in [0.15, 0.2) is 6.10 Å². The number of ether oxygens (including phenoxy) is 3. The van der Waals surface area contributed by atoms with Gasteiger partial charge in [0.25, 0.3) is 0 Å². The van der Waals surface area contributed by atoms with Crippen molar-refractivity contribution in [2.45, 2.75) is 62.9 Å². The maximum atomic E-state index is 14.6. The highest BCUT2D eigenvalue weighted by molar-refractivity contribution is 5.40. The molecule has 35 heavy (non-hydrogen) atoms. The number of methoxy groups -OCH3 is 1. The molecule has 1 fully saturated rings. The second-order valence-electron chi connectivity index (χ2n) is 8.30. The van der Waals surface area contributed by atoms with Crippen LogP contribution < -0.4 is 9.47 Å². The molecule has 0 aliphatic carbocycles. The summed E-state index contributed by atoms with van der Waals surface area (Å²) < 4.78 is 72.5. The highest BCUT2D eigenvalue weighted by Crippen LogP contribution is 2.41. The third kappa shape index (κ3) is 5.22. The van der Waals surface area contributed by atoms with Crippen molar-refractivity contribution in [3.8, 4) is 11.6 Å². The van der Waals surface area contributed by atoms with Gasteiger partial charge in [0.05, 0.1) is 19.3 Å². The average molecular weight is 510 g/mol. The molecule has 0 unspecified atom stereocenters. The van der Waals surface area contributed by atoms with Gasteiger partial charge >= 0.3 is 12.1 Å². The van der Waals surface area contributed by atoms with Gasteiger partial charge in [-0.1, -0.05) is 6.07 Å². The van der Waals surface area contributed by atoms with E-state index >= 15 is 0 Å². The van der Waals surface area contributed by atoms with Crippen LogP contribution in [0.3, 0.4) is 0 Å². The fourth-order valence-electron chi connectivity index (χ4n) is 3.70. The van der Waals surface area contributed by atoms with Gasteiger partial charge in [-0.25, -0.2) is 4.39 Å². The number of hydrogen-bond donors (Lipinski definition) is 5. The fourth-order valence-corrected chi connectivity index (χ4v) is 3.70. The van der Waals surface area contributed by atoms with Crippen molar-refractivity contribution < 1.29 is 57.3 Å². The van der Waals surface area contributed by atoms with E-state index in [-0.39, 0.29) is 11.3 Å². The van der Waals surface area contributed by atoms with Gasteiger partial charge in [-0.3, -0.25) is 4.68 Å². The van der Waals surface area contributed by atoms with Crippen molar-refractivity contribution in [3.05, 3.63) is 40.8 Å². The first kappa shape index (κ1) is 27.1. The summed E-state index contributed by atoms with van der Waals surface area (Å²) in [6, 6.07) is 2.64. The van der Waals surface area contributed by atoms with Crippen LogP contribution in [0.2, 0.25) is 0 Å². The highest BCUT2D eigenvalue weighted by atomic mass is 19.4. The number of nitrogens with zero attached hydrogens (tertiary/aromatic N) is 2. The van der Waals surface area contributed by atoms with E-state index in [9.17, 15) is 43.1 Å². The van der Waals surface area contributed by atoms with Crippen LogP contribution >= 0.6 is 0 Å². The molecule has 1 saturated heterocycles. The van der Waals surface area contributed by atoms with Crippen molar-refractivity contribution >= 4 is 0 Å². The van der Waals surface area contributed by atoms with Crippen LogP contribution in [0.1, 0.15) is 36.7 Å². The first-order chi connectivity index (χ1) is 16.2. The predicted molar refractivity (Wildman–Crippen MR) is 109 cm³/mol. The summed E-state index contributed by atoms with van der Waals surface area (Å²) in [6.07, 6.45) is -13.7. The Hall–Kier alpha value is -2.49. The normalized spacial score (nSPS) is 27.3. The van der Waals surface area contributed by atoms with E-state index in [1.165, 1.54) is 33.1 Å². The Morgan fingerprint density at radius 1 is 1.20 bits per heavy atom. The quantitative estimate of drug-likeness (QED) is 0.269. The highest BCUT2D eigenvalue weighted by Gasteiger charge is 2.56. The maximum absolute atomic E-state index is 14.6. The van der Waals surface area contributed by atoms with Crippen LogP contribution in [0.15, 0.2) is 18.2 Å². The Morgan fingerprint density at radius 3 is 2.37 bits per heavy atom. The number of alkyl halides is 3. The topological polar surface area (TPSA) is 147 Å². The monoisotopic (exact) mass is 510 g/mol. The second kappa shape index (κ2) is 9.87. The first-order valence-corrected chi connectivity index (χ1v) is 10.5. The van der Waals surface area contributed by atoms with Crippen molar-refractivity contribution in [2.24, 2.45) is 0 Å². The summed E-state index contributed by atoms with van der Waals surface area (Å²) >= 11 is 0. The molecule has 0 bridgehead atoms. The molecule has 2 aromatic rings. The number of hydrogen-bond acceptors (Lipinski definition) is 9. The van der Waals surface area contributed by atoms with E-state index in [1.54, 1.807) is 0 Å². The van der Waals surface area contributed by atoms with Gasteiger partial charge in [0.2, 0.25) is 5.88 Å². The van der Waals surface area contributed by atoms with E-state index < -0.39 is 78.6 Å². The zero-order valence-corrected chi connectivity index (χ0v) is 18.9. The fraction of sp³-hybridized carbons (Fsp3) is 0.571. The minimum absolute atomic E-state index is 0.132. The maximum Gasteiger partial charge on any atom is 0.433 e. The van der Waals surface area contributed by atoms with E-state index in [2.05, 4.69) is 5.10 Å². The van der Waals surface area contributed by atoms with Gasteiger partial charge in [0.1, 0.15) is 35.6 Å². The van der Waals surface area contributed by atoms with Gasteiger partial charge in [0, 0.05) is 18.5 Å². The van der Waals surface area contributed by atoms with Crippen molar-refractivity contribution in [1.29, 1.82) is 0 Å². The first-order valence-electron chi connectivity index (χ1n) is 10.5. The Balaban J connectivity index is 2.14. The molecule has 2 heterocycles. The summed E-state index contributed by atoms with van der Waals surface area (Å²) in [6.45, 7) is 1.85. The number of benzene rings is 1. The van der Waals surface area contributed by atoms with Gasteiger partial charge in [-0.15, -0.1) is 5.10 Å². The Labute approximate surface area is 196 Å². The van der Waals surface area contributed by atoms with Gasteiger partial charge < -0.3 is 39.7 Å². The molecule has 5 atom stereocenters. The van der Waals surface area contributed by atoms with E-state index in [1.807, 2.05) is 0 Å². The van der Waals surface area contributed by atoms with Gasteiger partial charge in [-0.2, -0.15) is 13.2 Å². The van der Waals surface area contributed by atoms with Crippen molar-refractivity contribution in [3.63, 3.8) is 0 Å². The lowest BCUT2D eigenvalue weighted by molar-refractivity contribution is -0.423. The Morgan fingerprint density at radius 2 is 1.86 bits per heavy atom. The third-order valence-electron chi connectivity index (χ3n) is 5.53. The predicted octanol–water partition coefficient (Wildman–Crippen LogP) is 0.720. The molecule has 0 saturated carbocycles. The molecule has 3 rings (SSSR count). The lowest BCUT2D eigenvalue weighted by Gasteiger charge is -2.43. The molecular formula is C21H26F4N2O8. The molecule has 10 nitrogen and oxygen atoms in total. The smallest absolute Gasteiger partial charge is 0.433 e. The molecule has 0 radical (unpaired) electrons. The lowest BCUT2D eigenvalue weighted by atomic mass is 9.98. The minimum atomic E-state index is -4.99. The number of aliphatic hydroxyl groups excluding tert-OH is 4. The van der Waals surface area contributed by atoms with Crippen molar-refractivity contribution in [2.75, 3.05) is 13.7 Å². The summed E-state index contributed by atoms with van der Waals surface area (Å²) in [7, 11) is 1.29. The van der Waals surface area contributed by atoms with Crippen LogP contribution in [0.5, 0.6) is 11.6 Å². The standard InChI is InChI=1S/C21H26F4N2O8/c1-9(2)27-17(20(23,24)25)12(6-10-4-5-11(33-3)7-13(10)22)19(26-27)35-21(32)18(31)16(30)15(29)14(8-28)34-21/h4-5,7,9,14-16,18,28-32H,6,8H2,1-3H3/t14-,15-,16+,18-,21-/m1/s1. The van der Waals surface area contributed by atoms with Crippen LogP contribution in [-0.2, 0) is 17.3 Å². The second-order valence-corrected chi connectivity index (χ2v) is 8.30. The largest absolute Gasteiger partial charge is 0.497 e. The molecule has 14 heteroatoms. The number of halogens is 4. The number of aliphatic hydroxyl groups is 5. The van der Waals surface area contributed by atoms with Gasteiger partial charge in [-0.05, 0) is 25.5 Å². The average Bonchev–Trinajstić information content (AvgIpc) is 3.14. The van der Waals surface area contributed by atoms with Crippen molar-refractivity contribution in [1.82, 2.24) is 9.78 Å². The molecule has 1 aliphatic rings. The minimum Gasteiger partial charge on any atom is -0.497 e. The Bertz CT molecular complexity index is 1050. The molecule has 0 amide bonds. The van der Waals surface area contributed by atoms with Crippen LogP contribution in [0.25, 0.3) is 0 Å². The summed E-state index contributed by atoms with van der Waals surface area (Å²) in [5.41, 5.74) is -2.18. The van der Waals surface area contributed by atoms with E-state index in [0.717, 1.165) is 6.07 Å². The number of rotatable bonds is 7. The third-order valence-corrected chi connectivity index (χ3v) is 5.53. The summed E-state index contributed by atoms with van der Waals surface area (Å²) in [5.74, 6) is -4.83. The molecule has 1 aliphatic heterocycles. The lowest BCUT2D eigenvalue weighted by Crippen LogP contribution is -2.67. The summed E-state index contributed by atoms with van der Waals surface area (Å²) in [5, 5.41) is 54.0. The SMILES string of the molecule is COc1ccc(Cc2c(O[C@]3(O)O[C@H](CO)[C@@H](O)[C@H](O)[C@H]3O)nn(C(C)C)c2C(F)(F)F)c(F)c1.